The van der Waals surface area contributed by atoms with E-state index in [1.54, 1.807) is 12.1 Å². The van der Waals surface area contributed by atoms with Crippen molar-refractivity contribution < 1.29 is 8.78 Å². The molecule has 2 nitrogen and oxygen atoms in total. The molecular formula is C12H16F2N2. The Labute approximate surface area is 94.3 Å². The zero-order chi connectivity index (χ0) is 11.5. The Morgan fingerprint density at radius 3 is 3.00 bits per heavy atom. The van der Waals surface area contributed by atoms with Gasteiger partial charge in [-0.2, -0.15) is 0 Å². The third kappa shape index (κ3) is 2.02. The fourth-order valence-corrected chi connectivity index (χ4v) is 2.16. The lowest BCUT2D eigenvalue weighted by molar-refractivity contribution is 0.449. The van der Waals surface area contributed by atoms with E-state index in [0.717, 1.165) is 32.1 Å². The molecule has 0 radical (unpaired) electrons. The Bertz CT molecular complexity index is 368. The molecule has 2 rings (SSSR count). The highest BCUT2D eigenvalue weighted by atomic mass is 19.2. The van der Waals surface area contributed by atoms with Gasteiger partial charge in [-0.05, 0) is 18.6 Å². The standard InChI is InChI=1S/C12H16F2N2/c1-2-9-8-15-6-7-16(9)11-5-3-4-10(13)12(11)14/h3-5,9,15H,2,6-8H2,1H3/t9-/m1/s1. The zero-order valence-corrected chi connectivity index (χ0v) is 9.34. The number of nitrogens with one attached hydrogen (secondary N) is 1. The van der Waals surface area contributed by atoms with E-state index in [0.29, 0.717) is 5.69 Å². The first kappa shape index (κ1) is 11.3. The summed E-state index contributed by atoms with van der Waals surface area (Å²) in [7, 11) is 0. The van der Waals surface area contributed by atoms with Crippen LogP contribution in [0.3, 0.4) is 0 Å². The van der Waals surface area contributed by atoms with Crippen LogP contribution in [-0.2, 0) is 0 Å². The van der Waals surface area contributed by atoms with Crippen LogP contribution in [0.1, 0.15) is 13.3 Å². The van der Waals surface area contributed by atoms with Gasteiger partial charge in [0, 0.05) is 25.7 Å². The van der Waals surface area contributed by atoms with Crippen molar-refractivity contribution in [1.82, 2.24) is 5.32 Å². The van der Waals surface area contributed by atoms with Crippen LogP contribution in [0.15, 0.2) is 18.2 Å². The number of hydrogen-bond acceptors (Lipinski definition) is 2. The molecule has 0 amide bonds. The summed E-state index contributed by atoms with van der Waals surface area (Å²) in [6.07, 6.45) is 0.920. The van der Waals surface area contributed by atoms with Crippen LogP contribution in [0.25, 0.3) is 0 Å². The second kappa shape index (κ2) is 4.78. The van der Waals surface area contributed by atoms with Crippen LogP contribution in [-0.4, -0.2) is 25.7 Å². The van der Waals surface area contributed by atoms with Crippen molar-refractivity contribution in [1.29, 1.82) is 0 Å². The summed E-state index contributed by atoms with van der Waals surface area (Å²) in [5.41, 5.74) is 0.383. The summed E-state index contributed by atoms with van der Waals surface area (Å²) < 4.78 is 26.8. The molecule has 0 spiro atoms. The number of hydrogen-bond donors (Lipinski definition) is 1. The second-order valence-electron chi connectivity index (χ2n) is 4.03. The molecule has 0 bridgehead atoms. The van der Waals surface area contributed by atoms with Gasteiger partial charge in [-0.1, -0.05) is 13.0 Å². The minimum Gasteiger partial charge on any atom is -0.364 e. The molecule has 0 aliphatic carbocycles. The van der Waals surface area contributed by atoms with Crippen molar-refractivity contribution >= 4 is 5.69 Å². The highest BCUT2D eigenvalue weighted by Crippen LogP contribution is 2.24. The van der Waals surface area contributed by atoms with Crippen LogP contribution in [0.4, 0.5) is 14.5 Å². The average molecular weight is 226 g/mol. The van der Waals surface area contributed by atoms with Crippen molar-refractivity contribution in [3.63, 3.8) is 0 Å². The molecule has 1 N–H and O–H groups in total. The molecule has 4 heteroatoms. The van der Waals surface area contributed by atoms with Crippen LogP contribution < -0.4 is 10.2 Å². The van der Waals surface area contributed by atoms with Crippen LogP contribution in [0.5, 0.6) is 0 Å². The number of halogens is 2. The number of benzene rings is 1. The summed E-state index contributed by atoms with van der Waals surface area (Å²) in [6, 6.07) is 4.60. The quantitative estimate of drug-likeness (QED) is 0.831. The van der Waals surface area contributed by atoms with Gasteiger partial charge in [0.05, 0.1) is 5.69 Å². The summed E-state index contributed by atoms with van der Waals surface area (Å²) in [5, 5.41) is 3.26. The van der Waals surface area contributed by atoms with Gasteiger partial charge in [0.25, 0.3) is 0 Å². The van der Waals surface area contributed by atoms with Gasteiger partial charge in [-0.3, -0.25) is 0 Å². The number of anilines is 1. The summed E-state index contributed by atoms with van der Waals surface area (Å²) in [6.45, 7) is 4.42. The molecule has 1 aromatic carbocycles. The number of nitrogens with zero attached hydrogens (tertiary/aromatic N) is 1. The van der Waals surface area contributed by atoms with Crippen LogP contribution in [0.2, 0.25) is 0 Å². The van der Waals surface area contributed by atoms with E-state index in [-0.39, 0.29) is 6.04 Å². The molecule has 1 saturated heterocycles. The van der Waals surface area contributed by atoms with Gasteiger partial charge in [0.15, 0.2) is 11.6 Å². The first-order valence-corrected chi connectivity index (χ1v) is 5.65. The maximum Gasteiger partial charge on any atom is 0.182 e. The van der Waals surface area contributed by atoms with E-state index in [4.69, 9.17) is 0 Å². The molecule has 0 unspecified atom stereocenters. The average Bonchev–Trinajstić information content (AvgIpc) is 2.33. The predicted molar refractivity (Wildman–Crippen MR) is 60.7 cm³/mol. The minimum absolute atomic E-state index is 0.241. The van der Waals surface area contributed by atoms with Gasteiger partial charge >= 0.3 is 0 Å². The molecule has 16 heavy (non-hydrogen) atoms. The summed E-state index contributed by atoms with van der Waals surface area (Å²) >= 11 is 0. The molecule has 1 atom stereocenters. The molecule has 1 heterocycles. The first-order valence-electron chi connectivity index (χ1n) is 5.65. The predicted octanol–water partition coefficient (Wildman–Crippen LogP) is 2.15. The minimum atomic E-state index is -0.772. The zero-order valence-electron chi connectivity index (χ0n) is 9.34. The monoisotopic (exact) mass is 226 g/mol. The number of piperazine rings is 1. The smallest absolute Gasteiger partial charge is 0.182 e. The van der Waals surface area contributed by atoms with Crippen LogP contribution in [0, 0.1) is 11.6 Å². The lowest BCUT2D eigenvalue weighted by Crippen LogP contribution is -2.51. The fourth-order valence-electron chi connectivity index (χ4n) is 2.16. The molecule has 1 fully saturated rings. The Morgan fingerprint density at radius 2 is 2.25 bits per heavy atom. The van der Waals surface area contributed by atoms with E-state index in [1.165, 1.54) is 0 Å². The molecular weight excluding hydrogens is 210 g/mol. The van der Waals surface area contributed by atoms with Crippen LogP contribution >= 0.6 is 0 Å². The van der Waals surface area contributed by atoms with Gasteiger partial charge in [0.1, 0.15) is 0 Å². The first-order chi connectivity index (χ1) is 7.74. The molecule has 1 aliphatic rings. The van der Waals surface area contributed by atoms with Gasteiger partial charge in [-0.25, -0.2) is 8.78 Å². The molecule has 88 valence electrons. The maximum absolute atomic E-state index is 13.7. The number of rotatable bonds is 2. The molecule has 0 saturated carbocycles. The Balaban J connectivity index is 2.30. The van der Waals surface area contributed by atoms with E-state index >= 15 is 0 Å². The SMILES string of the molecule is CC[C@@H]1CNCCN1c1cccc(F)c1F. The van der Waals surface area contributed by atoms with E-state index in [1.807, 2.05) is 4.90 Å². The molecule has 1 aliphatic heterocycles. The van der Waals surface area contributed by atoms with Gasteiger partial charge < -0.3 is 10.2 Å². The van der Waals surface area contributed by atoms with Crippen molar-refractivity contribution in [3.05, 3.63) is 29.8 Å². The van der Waals surface area contributed by atoms with Crippen molar-refractivity contribution in [3.8, 4) is 0 Å². The van der Waals surface area contributed by atoms with Crippen molar-refractivity contribution in [2.45, 2.75) is 19.4 Å². The largest absolute Gasteiger partial charge is 0.364 e. The second-order valence-corrected chi connectivity index (χ2v) is 4.03. The highest BCUT2D eigenvalue weighted by Gasteiger charge is 2.24. The fraction of sp³-hybridized carbons (Fsp3) is 0.500. The normalized spacial score (nSPS) is 21.2. The van der Waals surface area contributed by atoms with Crippen molar-refractivity contribution in [2.24, 2.45) is 0 Å². The Morgan fingerprint density at radius 1 is 1.44 bits per heavy atom. The van der Waals surface area contributed by atoms with Gasteiger partial charge in [-0.15, -0.1) is 0 Å². The molecule has 0 aromatic heterocycles. The third-order valence-corrected chi connectivity index (χ3v) is 3.06. The van der Waals surface area contributed by atoms with E-state index < -0.39 is 11.6 Å². The molecule has 1 aromatic rings. The Hall–Kier alpha value is -1.16. The lowest BCUT2D eigenvalue weighted by atomic mass is 10.1. The van der Waals surface area contributed by atoms with Crippen molar-refractivity contribution in [2.75, 3.05) is 24.5 Å². The Kier molecular flexibility index (Phi) is 3.39. The summed E-state index contributed by atoms with van der Waals surface area (Å²) in [4.78, 5) is 1.95. The van der Waals surface area contributed by atoms with E-state index in [2.05, 4.69) is 12.2 Å². The van der Waals surface area contributed by atoms with E-state index in [9.17, 15) is 8.78 Å². The van der Waals surface area contributed by atoms with Gasteiger partial charge in [0.2, 0.25) is 0 Å². The summed E-state index contributed by atoms with van der Waals surface area (Å²) in [5.74, 6) is -1.51. The maximum atomic E-state index is 13.7. The highest BCUT2D eigenvalue weighted by molar-refractivity contribution is 5.49. The lowest BCUT2D eigenvalue weighted by Gasteiger charge is -2.37. The third-order valence-electron chi connectivity index (χ3n) is 3.06. The topological polar surface area (TPSA) is 15.3 Å².